The van der Waals surface area contributed by atoms with Gasteiger partial charge in [0, 0.05) is 12.8 Å². The van der Waals surface area contributed by atoms with E-state index in [1.54, 1.807) is 0 Å². The minimum atomic E-state index is -0.724. The number of aliphatic carboxylic acids is 1. The van der Waals surface area contributed by atoms with Crippen LogP contribution in [0.4, 0.5) is 0 Å². The number of carbonyl (C=O) groups excluding carboxylic acids is 1. The van der Waals surface area contributed by atoms with E-state index in [4.69, 9.17) is 5.11 Å². The number of hydrogen-bond donors (Lipinski definition) is 2. The highest BCUT2D eigenvalue weighted by Crippen LogP contribution is 2.68. The molecule has 4 rings (SSSR count). The van der Waals surface area contributed by atoms with Crippen LogP contribution in [0.15, 0.2) is 11.6 Å². The summed E-state index contributed by atoms with van der Waals surface area (Å²) in [4.78, 5) is 22.7. The van der Waals surface area contributed by atoms with Crippen LogP contribution in [0.25, 0.3) is 0 Å². The molecule has 4 nitrogen and oxygen atoms in total. The second-order valence-corrected chi connectivity index (χ2v) is 10.9. The highest BCUT2D eigenvalue weighted by molar-refractivity contribution is 5.91. The van der Waals surface area contributed by atoms with Crippen LogP contribution in [0, 0.1) is 28.6 Å². The van der Waals surface area contributed by atoms with Crippen LogP contribution in [-0.4, -0.2) is 27.6 Å². The zero-order valence-electron chi connectivity index (χ0n) is 18.2. The van der Waals surface area contributed by atoms with Gasteiger partial charge >= 0.3 is 5.97 Å². The maximum Gasteiger partial charge on any atom is 0.303 e. The highest BCUT2D eigenvalue weighted by atomic mass is 16.4. The zero-order valence-corrected chi connectivity index (χ0v) is 18.2. The van der Waals surface area contributed by atoms with Crippen LogP contribution < -0.4 is 0 Å². The Balaban J connectivity index is 1.46. The van der Waals surface area contributed by atoms with Crippen LogP contribution in [0.1, 0.15) is 97.3 Å². The molecule has 162 valence electrons. The van der Waals surface area contributed by atoms with Gasteiger partial charge in [-0.2, -0.15) is 0 Å². The summed E-state index contributed by atoms with van der Waals surface area (Å²) in [5.41, 5.74) is 0.995. The first kappa shape index (κ1) is 21.1. The van der Waals surface area contributed by atoms with Gasteiger partial charge in [-0.3, -0.25) is 9.59 Å². The molecule has 0 heterocycles. The molecule has 0 radical (unpaired) electrons. The molecule has 2 N–H and O–H groups in total. The molecule has 0 aliphatic heterocycles. The highest BCUT2D eigenvalue weighted by Gasteiger charge is 2.63. The molecule has 0 saturated heterocycles. The fourth-order valence-electron chi connectivity index (χ4n) is 7.95. The Bertz CT molecular complexity index is 712. The molecular weight excluding hydrogens is 364 g/mol. The van der Waals surface area contributed by atoms with E-state index in [2.05, 4.69) is 13.8 Å². The van der Waals surface area contributed by atoms with E-state index in [0.717, 1.165) is 51.4 Å². The summed E-state index contributed by atoms with van der Waals surface area (Å²) in [7, 11) is 0. The summed E-state index contributed by atoms with van der Waals surface area (Å²) in [6.45, 7) is 4.75. The van der Waals surface area contributed by atoms with Gasteiger partial charge in [-0.15, -0.1) is 0 Å². The third-order valence-electron chi connectivity index (χ3n) is 9.76. The Morgan fingerprint density at radius 3 is 2.55 bits per heavy atom. The van der Waals surface area contributed by atoms with Gasteiger partial charge in [0.05, 0.1) is 5.60 Å². The van der Waals surface area contributed by atoms with Crippen molar-refractivity contribution in [1.29, 1.82) is 0 Å². The summed E-state index contributed by atoms with van der Waals surface area (Å²) >= 11 is 0. The smallest absolute Gasteiger partial charge is 0.303 e. The van der Waals surface area contributed by atoms with Crippen LogP contribution >= 0.6 is 0 Å². The molecule has 29 heavy (non-hydrogen) atoms. The SMILES string of the molecule is C[C@]12CCC(=O)C=C1CC[C@@H]1[C@@H]2CC[C@@]2(C)[C@H]1CC[C@@]2(O)CCCCCC(=O)O. The number of unbranched alkanes of at least 4 members (excludes halogenated alkanes) is 2. The second kappa shape index (κ2) is 7.51. The number of hydrogen-bond acceptors (Lipinski definition) is 3. The van der Waals surface area contributed by atoms with Crippen molar-refractivity contribution in [2.75, 3.05) is 0 Å². The van der Waals surface area contributed by atoms with Crippen LogP contribution in [0.2, 0.25) is 0 Å². The number of carbonyl (C=O) groups is 2. The molecule has 0 unspecified atom stereocenters. The van der Waals surface area contributed by atoms with Gasteiger partial charge in [-0.05, 0) is 92.4 Å². The zero-order chi connectivity index (χ0) is 20.9. The standard InChI is InChI=1S/C25H38O4/c1-23-13-9-18(26)16-17(23)7-8-19-20(23)10-14-24(2)21(19)11-15-25(24,29)12-5-3-4-6-22(27)28/h16,19-21,29H,3-15H2,1-2H3,(H,27,28)/t19-,20+,21+,23+,24+,25+/m1/s1. The fourth-order valence-corrected chi connectivity index (χ4v) is 7.95. The number of ketones is 1. The van der Waals surface area contributed by atoms with E-state index in [1.165, 1.54) is 18.4 Å². The maximum absolute atomic E-state index is 12.0. The Hall–Kier alpha value is -1.16. The molecule has 3 saturated carbocycles. The number of fused-ring (bicyclic) bond motifs is 5. The van der Waals surface area contributed by atoms with Gasteiger partial charge in [0.15, 0.2) is 5.78 Å². The van der Waals surface area contributed by atoms with Crippen molar-refractivity contribution in [2.45, 2.75) is 103 Å². The number of carboxylic acid groups (broad SMARTS) is 1. The lowest BCUT2D eigenvalue weighted by molar-refractivity contribution is -0.137. The summed E-state index contributed by atoms with van der Waals surface area (Å²) in [5.74, 6) is 1.51. The number of allylic oxidation sites excluding steroid dienone is 1. The number of rotatable bonds is 6. The summed E-state index contributed by atoms with van der Waals surface area (Å²) in [6, 6.07) is 0. The molecule has 0 aromatic heterocycles. The lowest BCUT2D eigenvalue weighted by atomic mass is 9.46. The van der Waals surface area contributed by atoms with Gasteiger partial charge in [0.2, 0.25) is 0 Å². The summed E-state index contributed by atoms with van der Waals surface area (Å²) in [5, 5.41) is 20.5. The number of aliphatic hydroxyl groups is 1. The molecule has 0 bridgehead atoms. The third kappa shape index (κ3) is 3.40. The van der Waals surface area contributed by atoms with Crippen molar-refractivity contribution in [2.24, 2.45) is 28.6 Å². The van der Waals surface area contributed by atoms with Crippen molar-refractivity contribution in [1.82, 2.24) is 0 Å². The van der Waals surface area contributed by atoms with E-state index in [1.807, 2.05) is 6.08 Å². The van der Waals surface area contributed by atoms with Crippen molar-refractivity contribution < 1.29 is 19.8 Å². The van der Waals surface area contributed by atoms with Crippen molar-refractivity contribution in [3.05, 3.63) is 11.6 Å². The summed E-state index contributed by atoms with van der Waals surface area (Å²) < 4.78 is 0. The van der Waals surface area contributed by atoms with E-state index >= 15 is 0 Å². The van der Waals surface area contributed by atoms with Gasteiger partial charge in [-0.25, -0.2) is 0 Å². The lowest BCUT2D eigenvalue weighted by Crippen LogP contribution is -2.54. The van der Waals surface area contributed by atoms with Crippen molar-refractivity contribution in [3.8, 4) is 0 Å². The average molecular weight is 403 g/mol. The van der Waals surface area contributed by atoms with Crippen molar-refractivity contribution in [3.63, 3.8) is 0 Å². The molecule has 4 heteroatoms. The Labute approximate surface area is 175 Å². The Kier molecular flexibility index (Phi) is 5.46. The first-order valence-electron chi connectivity index (χ1n) is 11.9. The normalized spacial score (nSPS) is 43.9. The van der Waals surface area contributed by atoms with Gasteiger partial charge in [-0.1, -0.05) is 32.3 Å². The molecule has 3 fully saturated rings. The first-order chi connectivity index (χ1) is 13.7. The topological polar surface area (TPSA) is 74.6 Å². The van der Waals surface area contributed by atoms with Crippen LogP contribution in [0.5, 0.6) is 0 Å². The molecule has 0 aromatic carbocycles. The predicted molar refractivity (Wildman–Crippen MR) is 112 cm³/mol. The Morgan fingerprint density at radius 2 is 1.79 bits per heavy atom. The minimum Gasteiger partial charge on any atom is -0.481 e. The molecule has 6 atom stereocenters. The van der Waals surface area contributed by atoms with Gasteiger partial charge in [0.1, 0.15) is 0 Å². The van der Waals surface area contributed by atoms with Gasteiger partial charge in [0.25, 0.3) is 0 Å². The summed E-state index contributed by atoms with van der Waals surface area (Å²) in [6.07, 6.45) is 13.8. The fraction of sp³-hybridized carbons (Fsp3) is 0.840. The molecule has 0 spiro atoms. The lowest BCUT2D eigenvalue weighted by Gasteiger charge is -2.59. The first-order valence-corrected chi connectivity index (χ1v) is 11.9. The van der Waals surface area contributed by atoms with E-state index in [0.29, 0.717) is 36.4 Å². The number of carboxylic acids is 1. The molecule has 0 aromatic rings. The molecule has 4 aliphatic rings. The molecule has 0 amide bonds. The van der Waals surface area contributed by atoms with E-state index < -0.39 is 11.6 Å². The largest absolute Gasteiger partial charge is 0.481 e. The minimum absolute atomic E-state index is 0.0109. The monoisotopic (exact) mass is 402 g/mol. The Morgan fingerprint density at radius 1 is 1.03 bits per heavy atom. The third-order valence-corrected chi connectivity index (χ3v) is 9.76. The van der Waals surface area contributed by atoms with E-state index in [9.17, 15) is 14.7 Å². The van der Waals surface area contributed by atoms with Crippen molar-refractivity contribution >= 4 is 11.8 Å². The second-order valence-electron chi connectivity index (χ2n) is 10.9. The maximum atomic E-state index is 12.0. The molecular formula is C25H38O4. The average Bonchev–Trinajstić information content (AvgIpc) is 2.93. The molecule has 4 aliphatic carbocycles. The van der Waals surface area contributed by atoms with Crippen LogP contribution in [-0.2, 0) is 9.59 Å². The van der Waals surface area contributed by atoms with Crippen LogP contribution in [0.3, 0.4) is 0 Å². The quantitative estimate of drug-likeness (QED) is 0.592. The van der Waals surface area contributed by atoms with Gasteiger partial charge < -0.3 is 10.2 Å². The van der Waals surface area contributed by atoms with E-state index in [-0.39, 0.29) is 17.3 Å². The predicted octanol–water partition coefficient (Wildman–Crippen LogP) is 5.28.